The molecule has 0 unspecified atom stereocenters. The number of aliphatic hydroxyl groups is 2. The number of aliphatic hydroxyl groups excluding tert-OH is 2. The molecule has 0 spiro atoms. The fourth-order valence-electron chi connectivity index (χ4n) is 2.26. The normalized spacial score (nSPS) is 39.4. The molecule has 2 aliphatic heterocycles. The maximum Gasteiger partial charge on any atom is 0.305 e. The molecule has 104 valence electrons. The van der Waals surface area contributed by atoms with Gasteiger partial charge in [0.05, 0.1) is 6.61 Å². The molecule has 2 N–H and O–H groups in total. The maximum absolute atomic E-state index is 11.0. The third-order valence-electron chi connectivity index (χ3n) is 2.90. The first-order chi connectivity index (χ1) is 8.34. The highest BCUT2D eigenvalue weighted by atomic mass is 16.8. The highest BCUT2D eigenvalue weighted by Crippen LogP contribution is 2.40. The number of esters is 1. The summed E-state index contributed by atoms with van der Waals surface area (Å²) in [5, 5.41) is 18.7. The van der Waals surface area contributed by atoms with Crippen molar-refractivity contribution < 1.29 is 34.0 Å². The highest BCUT2D eigenvalue weighted by molar-refractivity contribution is 5.66. The Labute approximate surface area is 105 Å². The van der Waals surface area contributed by atoms with Gasteiger partial charge < -0.3 is 29.2 Å². The first kappa shape index (κ1) is 13.7. The summed E-state index contributed by atoms with van der Waals surface area (Å²) in [4.78, 5) is 11.0. The Bertz CT molecular complexity index is 329. The van der Waals surface area contributed by atoms with Crippen molar-refractivity contribution in [1.82, 2.24) is 0 Å². The zero-order valence-electron chi connectivity index (χ0n) is 10.5. The first-order valence-corrected chi connectivity index (χ1v) is 5.81. The molecular weight excluding hydrogens is 244 g/mol. The van der Waals surface area contributed by atoms with Crippen LogP contribution in [0.2, 0.25) is 0 Å². The number of hydrogen-bond acceptors (Lipinski definition) is 7. The number of ether oxygens (including phenoxy) is 4. The zero-order valence-corrected chi connectivity index (χ0v) is 10.5. The van der Waals surface area contributed by atoms with Crippen LogP contribution in [-0.2, 0) is 23.7 Å². The second-order valence-corrected chi connectivity index (χ2v) is 4.89. The van der Waals surface area contributed by atoms with Gasteiger partial charge in [0.25, 0.3) is 0 Å². The summed E-state index contributed by atoms with van der Waals surface area (Å²) in [6, 6.07) is 0. The van der Waals surface area contributed by atoms with Crippen molar-refractivity contribution in [1.29, 1.82) is 0 Å². The number of carbonyl (C=O) groups is 1. The minimum atomic E-state index is -1.12. The molecular formula is C11H18O7. The molecule has 2 fully saturated rings. The van der Waals surface area contributed by atoms with E-state index in [4.69, 9.17) is 24.1 Å². The van der Waals surface area contributed by atoms with Crippen molar-refractivity contribution in [2.75, 3.05) is 6.61 Å². The molecule has 7 heteroatoms. The van der Waals surface area contributed by atoms with Gasteiger partial charge in [0, 0.05) is 6.92 Å². The average molecular weight is 262 g/mol. The molecule has 5 atom stereocenters. The first-order valence-electron chi connectivity index (χ1n) is 5.81. The van der Waals surface area contributed by atoms with E-state index in [1.165, 1.54) is 6.92 Å². The van der Waals surface area contributed by atoms with E-state index < -0.39 is 49.1 Å². The van der Waals surface area contributed by atoms with Crippen LogP contribution >= 0.6 is 0 Å². The van der Waals surface area contributed by atoms with Crippen molar-refractivity contribution in [2.24, 2.45) is 0 Å². The van der Waals surface area contributed by atoms with Gasteiger partial charge in [-0.3, -0.25) is 4.79 Å². The summed E-state index contributed by atoms with van der Waals surface area (Å²) in [6.45, 7) is 4.23. The van der Waals surface area contributed by atoms with Gasteiger partial charge in [0.1, 0.15) is 18.3 Å². The van der Waals surface area contributed by atoms with Crippen molar-refractivity contribution in [3.05, 3.63) is 0 Å². The minimum absolute atomic E-state index is 0.468. The van der Waals surface area contributed by atoms with E-state index in [9.17, 15) is 9.90 Å². The van der Waals surface area contributed by atoms with Gasteiger partial charge in [-0.1, -0.05) is 0 Å². The van der Waals surface area contributed by atoms with Crippen LogP contribution in [0, 0.1) is 0 Å². The Morgan fingerprint density at radius 2 is 2.00 bits per heavy atom. The molecule has 0 aliphatic carbocycles. The van der Waals surface area contributed by atoms with E-state index in [0.29, 0.717) is 0 Å². The molecule has 7 nitrogen and oxygen atoms in total. The number of carbonyl (C=O) groups excluding carboxylic acids is 1. The molecule has 0 aromatic heterocycles. The van der Waals surface area contributed by atoms with E-state index in [-0.39, 0.29) is 0 Å². The fourth-order valence-corrected chi connectivity index (χ4v) is 2.26. The van der Waals surface area contributed by atoms with Crippen LogP contribution in [0.1, 0.15) is 20.8 Å². The van der Waals surface area contributed by atoms with Gasteiger partial charge in [0.2, 0.25) is 6.29 Å². The third-order valence-corrected chi connectivity index (χ3v) is 2.90. The van der Waals surface area contributed by atoms with Crippen LogP contribution in [0.5, 0.6) is 0 Å². The van der Waals surface area contributed by atoms with Crippen molar-refractivity contribution in [3.8, 4) is 0 Å². The average Bonchev–Trinajstić information content (AvgIpc) is 2.72. The number of hydrogen-bond donors (Lipinski definition) is 2. The quantitative estimate of drug-likeness (QED) is 0.639. The third kappa shape index (κ3) is 2.50. The van der Waals surface area contributed by atoms with Gasteiger partial charge in [-0.15, -0.1) is 0 Å². The standard InChI is InChI=1S/C11H18O7/c1-5(13)15-10-9-8(17-11(2,3)18-9)7(16-10)6(14)4-12/h6-10,12,14H,4H2,1-3H3/t6-,7+,8-,9-,10-/m0/s1. The molecule has 0 amide bonds. The van der Waals surface area contributed by atoms with Crippen LogP contribution in [0.25, 0.3) is 0 Å². The number of rotatable bonds is 3. The Morgan fingerprint density at radius 1 is 1.39 bits per heavy atom. The van der Waals surface area contributed by atoms with Crippen molar-refractivity contribution >= 4 is 5.97 Å². The van der Waals surface area contributed by atoms with Crippen LogP contribution < -0.4 is 0 Å². The monoisotopic (exact) mass is 262 g/mol. The van der Waals surface area contributed by atoms with Crippen molar-refractivity contribution in [2.45, 2.75) is 57.3 Å². The van der Waals surface area contributed by atoms with E-state index in [1.807, 2.05) is 0 Å². The lowest BCUT2D eigenvalue weighted by Crippen LogP contribution is -2.40. The lowest BCUT2D eigenvalue weighted by Gasteiger charge is -2.25. The summed E-state index contributed by atoms with van der Waals surface area (Å²) in [7, 11) is 0. The molecule has 0 aromatic rings. The molecule has 18 heavy (non-hydrogen) atoms. The van der Waals surface area contributed by atoms with E-state index >= 15 is 0 Å². The van der Waals surface area contributed by atoms with Crippen LogP contribution in [0.15, 0.2) is 0 Å². The molecule has 2 aliphatic rings. The second-order valence-electron chi connectivity index (χ2n) is 4.89. The van der Waals surface area contributed by atoms with Crippen LogP contribution in [-0.4, -0.2) is 59.3 Å². The molecule has 0 saturated carbocycles. The number of fused-ring (bicyclic) bond motifs is 1. The molecule has 2 heterocycles. The summed E-state index contributed by atoms with van der Waals surface area (Å²) in [5.74, 6) is -1.35. The van der Waals surface area contributed by atoms with Gasteiger partial charge in [0.15, 0.2) is 11.9 Å². The molecule has 2 saturated heterocycles. The van der Waals surface area contributed by atoms with E-state index in [1.54, 1.807) is 13.8 Å². The Balaban J connectivity index is 2.15. The van der Waals surface area contributed by atoms with E-state index in [2.05, 4.69) is 0 Å². The molecule has 0 bridgehead atoms. The molecule has 0 radical (unpaired) electrons. The Morgan fingerprint density at radius 3 is 2.56 bits per heavy atom. The summed E-state index contributed by atoms with van der Waals surface area (Å²) in [6.07, 6.45) is -4.01. The second kappa shape index (κ2) is 4.75. The molecule has 2 rings (SSSR count). The van der Waals surface area contributed by atoms with Gasteiger partial charge in [-0.05, 0) is 13.8 Å². The minimum Gasteiger partial charge on any atom is -0.433 e. The predicted octanol–water partition coefficient (Wildman–Crippen LogP) is -0.852. The van der Waals surface area contributed by atoms with Crippen LogP contribution in [0.3, 0.4) is 0 Å². The summed E-state index contributed by atoms with van der Waals surface area (Å²) < 4.78 is 21.6. The molecule has 0 aromatic carbocycles. The van der Waals surface area contributed by atoms with E-state index in [0.717, 1.165) is 0 Å². The largest absolute Gasteiger partial charge is 0.433 e. The van der Waals surface area contributed by atoms with Gasteiger partial charge in [-0.25, -0.2) is 0 Å². The lowest BCUT2D eigenvalue weighted by atomic mass is 10.1. The summed E-state index contributed by atoms with van der Waals surface area (Å²) in [5.41, 5.74) is 0. The maximum atomic E-state index is 11.0. The Hall–Kier alpha value is -0.730. The SMILES string of the molecule is CC(=O)O[C@H]1O[C@H]([C@@H](O)CO)[C@@H]2OC(C)(C)O[C@H]12. The summed E-state index contributed by atoms with van der Waals surface area (Å²) >= 11 is 0. The lowest BCUT2D eigenvalue weighted by molar-refractivity contribution is -0.240. The van der Waals surface area contributed by atoms with Crippen LogP contribution in [0.4, 0.5) is 0 Å². The Kier molecular flexibility index (Phi) is 3.61. The fraction of sp³-hybridized carbons (Fsp3) is 0.909. The van der Waals surface area contributed by atoms with Gasteiger partial charge >= 0.3 is 5.97 Å². The highest BCUT2D eigenvalue weighted by Gasteiger charge is 2.58. The van der Waals surface area contributed by atoms with Crippen molar-refractivity contribution in [3.63, 3.8) is 0 Å². The smallest absolute Gasteiger partial charge is 0.305 e. The predicted molar refractivity (Wildman–Crippen MR) is 57.3 cm³/mol. The van der Waals surface area contributed by atoms with Gasteiger partial charge in [-0.2, -0.15) is 0 Å². The zero-order chi connectivity index (χ0) is 13.5. The topological polar surface area (TPSA) is 94.5 Å².